The molecule has 38 heavy (non-hydrogen) atoms. The van der Waals surface area contributed by atoms with Crippen molar-refractivity contribution in [1.82, 2.24) is 19.1 Å². The summed E-state index contributed by atoms with van der Waals surface area (Å²) in [7, 11) is 0. The van der Waals surface area contributed by atoms with Crippen LogP contribution < -0.4 is 5.32 Å². The second kappa shape index (κ2) is 9.91. The number of carbonyl (C=O) groups is 2. The van der Waals surface area contributed by atoms with Crippen LogP contribution in [-0.4, -0.2) is 30.7 Å². The Bertz CT molecular complexity index is 1790. The Kier molecular flexibility index (Phi) is 6.15. The van der Waals surface area contributed by atoms with Crippen LogP contribution in [0.25, 0.3) is 27.4 Å². The van der Waals surface area contributed by atoms with E-state index in [0.29, 0.717) is 12.0 Å². The lowest BCUT2D eigenvalue weighted by molar-refractivity contribution is 0.0696. The van der Waals surface area contributed by atoms with Crippen LogP contribution in [0.5, 0.6) is 0 Å². The SMILES string of the molecule is O=C(O)c1ccc(CNC(=O)c2cc(-c3cnsc3)cn3cnc(Cc4ccc5ccccc5c4)c23)cc1. The number of rotatable bonds is 7. The first-order valence-corrected chi connectivity index (χ1v) is 12.9. The smallest absolute Gasteiger partial charge is 0.335 e. The van der Waals surface area contributed by atoms with Crippen molar-refractivity contribution in [2.24, 2.45) is 0 Å². The lowest BCUT2D eigenvalue weighted by Crippen LogP contribution is -2.23. The molecular weight excluding hydrogens is 496 g/mol. The summed E-state index contributed by atoms with van der Waals surface area (Å²) in [5.74, 6) is -1.22. The van der Waals surface area contributed by atoms with Crippen LogP contribution in [0.2, 0.25) is 0 Å². The highest BCUT2D eigenvalue weighted by Crippen LogP contribution is 2.27. The van der Waals surface area contributed by atoms with Gasteiger partial charge in [-0.3, -0.25) is 4.79 Å². The summed E-state index contributed by atoms with van der Waals surface area (Å²) in [5, 5.41) is 16.4. The first kappa shape index (κ1) is 23.6. The number of nitrogens with one attached hydrogen (secondary N) is 1. The number of carboxylic acid groups (broad SMARTS) is 1. The van der Waals surface area contributed by atoms with Crippen LogP contribution in [-0.2, 0) is 13.0 Å². The standard InChI is InChI=1S/C30H22N4O3S/c35-29(31-14-19-5-9-22(10-6-19)30(36)37)26-13-24(25-15-33-38-17-25)16-34-18-32-27(28(26)34)12-20-7-8-21-3-1-2-4-23(21)11-20/h1-11,13,15-18H,12,14H2,(H,31,35)(H,36,37). The van der Waals surface area contributed by atoms with Gasteiger partial charge in [-0.15, -0.1) is 0 Å². The van der Waals surface area contributed by atoms with Gasteiger partial charge in [0.15, 0.2) is 0 Å². The van der Waals surface area contributed by atoms with Crippen LogP contribution in [0.1, 0.15) is 37.5 Å². The maximum atomic E-state index is 13.5. The average Bonchev–Trinajstić information content (AvgIpc) is 3.62. The van der Waals surface area contributed by atoms with Crippen molar-refractivity contribution in [1.29, 1.82) is 0 Å². The zero-order valence-corrected chi connectivity index (χ0v) is 21.0. The normalized spacial score (nSPS) is 11.2. The van der Waals surface area contributed by atoms with Crippen molar-refractivity contribution < 1.29 is 14.7 Å². The van der Waals surface area contributed by atoms with Crippen molar-refractivity contribution in [3.63, 3.8) is 0 Å². The lowest BCUT2D eigenvalue weighted by atomic mass is 10.0. The Morgan fingerprint density at radius 1 is 0.921 bits per heavy atom. The first-order chi connectivity index (χ1) is 18.5. The zero-order chi connectivity index (χ0) is 26.1. The Balaban J connectivity index is 1.35. The zero-order valence-electron chi connectivity index (χ0n) is 20.2. The number of carbonyl (C=O) groups excluding carboxylic acids is 1. The van der Waals surface area contributed by atoms with Crippen LogP contribution in [0.15, 0.2) is 96.9 Å². The minimum atomic E-state index is -0.984. The fourth-order valence-electron chi connectivity index (χ4n) is 4.60. The molecule has 7 nitrogen and oxygen atoms in total. The maximum Gasteiger partial charge on any atom is 0.335 e. The number of nitrogens with zero attached hydrogens (tertiary/aromatic N) is 3. The molecule has 0 saturated carbocycles. The lowest BCUT2D eigenvalue weighted by Gasteiger charge is -2.11. The number of aromatic nitrogens is 3. The topological polar surface area (TPSA) is 96.6 Å². The van der Waals surface area contributed by atoms with Gasteiger partial charge in [0.25, 0.3) is 5.91 Å². The number of aromatic carboxylic acids is 1. The molecule has 3 aromatic carbocycles. The maximum absolute atomic E-state index is 13.5. The van der Waals surface area contributed by atoms with E-state index in [4.69, 9.17) is 10.1 Å². The molecule has 0 aliphatic heterocycles. The fourth-order valence-corrected chi connectivity index (χ4v) is 5.14. The molecule has 2 N–H and O–H groups in total. The number of fused-ring (bicyclic) bond motifs is 2. The van der Waals surface area contributed by atoms with Gasteiger partial charge in [-0.05, 0) is 51.6 Å². The fraction of sp³-hybridized carbons (Fsp3) is 0.0667. The van der Waals surface area contributed by atoms with Gasteiger partial charge < -0.3 is 14.8 Å². The van der Waals surface area contributed by atoms with Gasteiger partial charge >= 0.3 is 5.97 Å². The Morgan fingerprint density at radius 2 is 1.71 bits per heavy atom. The molecule has 0 unspecified atom stereocenters. The third kappa shape index (κ3) is 4.65. The number of imidazole rings is 1. The quantitative estimate of drug-likeness (QED) is 0.277. The largest absolute Gasteiger partial charge is 0.478 e. The van der Waals surface area contributed by atoms with Crippen LogP contribution >= 0.6 is 11.5 Å². The predicted molar refractivity (Wildman–Crippen MR) is 148 cm³/mol. The monoisotopic (exact) mass is 518 g/mol. The van der Waals surface area contributed by atoms with Crippen LogP contribution in [0.3, 0.4) is 0 Å². The van der Waals surface area contributed by atoms with Gasteiger partial charge in [0.1, 0.15) is 0 Å². The number of amides is 1. The molecule has 0 saturated heterocycles. The second-order valence-corrected chi connectivity index (χ2v) is 9.70. The van der Waals surface area contributed by atoms with Crippen molar-refractivity contribution in [3.8, 4) is 11.1 Å². The molecule has 3 heterocycles. The molecule has 0 spiro atoms. The number of hydrogen-bond acceptors (Lipinski definition) is 5. The minimum absolute atomic E-state index is 0.205. The van der Waals surface area contributed by atoms with E-state index in [2.05, 4.69) is 40.0 Å². The average molecular weight is 519 g/mol. The molecule has 0 radical (unpaired) electrons. The molecule has 0 fully saturated rings. The van der Waals surface area contributed by atoms with E-state index >= 15 is 0 Å². The van der Waals surface area contributed by atoms with Crippen molar-refractivity contribution >= 4 is 39.7 Å². The molecule has 186 valence electrons. The van der Waals surface area contributed by atoms with E-state index in [1.54, 1.807) is 24.7 Å². The number of hydrogen-bond donors (Lipinski definition) is 2. The number of pyridine rings is 1. The summed E-state index contributed by atoms with van der Waals surface area (Å²) in [6.45, 7) is 0.267. The van der Waals surface area contributed by atoms with E-state index in [9.17, 15) is 9.59 Å². The van der Waals surface area contributed by atoms with E-state index < -0.39 is 5.97 Å². The Morgan fingerprint density at radius 3 is 2.47 bits per heavy atom. The summed E-state index contributed by atoms with van der Waals surface area (Å²) >= 11 is 1.36. The molecule has 6 aromatic rings. The van der Waals surface area contributed by atoms with Gasteiger partial charge in [0.05, 0.1) is 28.7 Å². The highest BCUT2D eigenvalue weighted by Gasteiger charge is 2.18. The third-order valence-corrected chi connectivity index (χ3v) is 7.14. The molecule has 3 aromatic heterocycles. The molecule has 0 aliphatic carbocycles. The summed E-state index contributed by atoms with van der Waals surface area (Å²) in [6, 6.07) is 22.9. The van der Waals surface area contributed by atoms with Gasteiger partial charge in [0, 0.05) is 41.9 Å². The van der Waals surface area contributed by atoms with E-state index in [0.717, 1.165) is 38.9 Å². The number of benzene rings is 3. The predicted octanol–water partition coefficient (Wildman–Crippen LogP) is 5.83. The van der Waals surface area contributed by atoms with Crippen LogP contribution in [0.4, 0.5) is 0 Å². The molecule has 8 heteroatoms. The molecular formula is C30H22N4O3S. The highest BCUT2D eigenvalue weighted by molar-refractivity contribution is 7.03. The summed E-state index contributed by atoms with van der Waals surface area (Å²) in [6.07, 6.45) is 6.08. The molecule has 0 aliphatic rings. The first-order valence-electron chi connectivity index (χ1n) is 12.0. The summed E-state index contributed by atoms with van der Waals surface area (Å²) in [4.78, 5) is 29.4. The molecule has 0 atom stereocenters. The van der Waals surface area contributed by atoms with Crippen molar-refractivity contribution in [2.45, 2.75) is 13.0 Å². The van der Waals surface area contributed by atoms with Crippen molar-refractivity contribution in [3.05, 3.63) is 125 Å². The number of carboxylic acids is 1. The van der Waals surface area contributed by atoms with Gasteiger partial charge in [-0.1, -0.05) is 54.6 Å². The van der Waals surface area contributed by atoms with E-state index in [1.807, 2.05) is 34.2 Å². The highest BCUT2D eigenvalue weighted by atomic mass is 32.1. The van der Waals surface area contributed by atoms with Gasteiger partial charge in [-0.25, -0.2) is 14.2 Å². The summed E-state index contributed by atoms with van der Waals surface area (Å²) < 4.78 is 6.11. The van der Waals surface area contributed by atoms with Gasteiger partial charge in [0.2, 0.25) is 0 Å². The second-order valence-electron chi connectivity index (χ2n) is 9.05. The van der Waals surface area contributed by atoms with E-state index in [-0.39, 0.29) is 18.0 Å². The molecule has 6 rings (SSSR count). The van der Waals surface area contributed by atoms with E-state index in [1.165, 1.54) is 29.1 Å². The third-order valence-electron chi connectivity index (χ3n) is 6.55. The minimum Gasteiger partial charge on any atom is -0.478 e. The van der Waals surface area contributed by atoms with Crippen molar-refractivity contribution in [2.75, 3.05) is 0 Å². The Hall–Kier alpha value is -4.82. The molecule has 0 bridgehead atoms. The Labute approximate surface area is 222 Å². The summed E-state index contributed by atoms with van der Waals surface area (Å²) in [5.41, 5.74) is 6.01. The molecule has 1 amide bonds. The van der Waals surface area contributed by atoms with Crippen LogP contribution in [0, 0.1) is 0 Å². The van der Waals surface area contributed by atoms with Gasteiger partial charge in [-0.2, -0.15) is 0 Å².